The van der Waals surface area contributed by atoms with Gasteiger partial charge < -0.3 is 4.74 Å². The highest BCUT2D eigenvalue weighted by molar-refractivity contribution is 5.17. The van der Waals surface area contributed by atoms with Gasteiger partial charge in [-0.3, -0.25) is 0 Å². The molecular formula is C13H17NO. The SMILES string of the molecule is COC(CC(C)CC#N)c1ccccc1. The molecule has 2 heteroatoms. The van der Waals surface area contributed by atoms with Crippen molar-refractivity contribution in [1.82, 2.24) is 0 Å². The second-order valence-electron chi connectivity index (χ2n) is 3.84. The highest BCUT2D eigenvalue weighted by Gasteiger charge is 2.13. The zero-order valence-corrected chi connectivity index (χ0v) is 9.31. The first-order chi connectivity index (χ1) is 7.27. The molecule has 0 bridgehead atoms. The van der Waals surface area contributed by atoms with Crippen LogP contribution in [0, 0.1) is 17.2 Å². The maximum absolute atomic E-state index is 8.60. The summed E-state index contributed by atoms with van der Waals surface area (Å²) in [6, 6.07) is 12.3. The molecule has 15 heavy (non-hydrogen) atoms. The van der Waals surface area contributed by atoms with E-state index < -0.39 is 0 Å². The first-order valence-electron chi connectivity index (χ1n) is 5.22. The molecule has 0 N–H and O–H groups in total. The molecule has 1 aromatic rings. The molecule has 80 valence electrons. The average Bonchev–Trinajstić information content (AvgIpc) is 2.27. The van der Waals surface area contributed by atoms with Gasteiger partial charge in [0.2, 0.25) is 0 Å². The van der Waals surface area contributed by atoms with E-state index in [2.05, 4.69) is 25.1 Å². The first-order valence-corrected chi connectivity index (χ1v) is 5.22. The molecule has 0 spiro atoms. The molecular weight excluding hydrogens is 186 g/mol. The molecule has 2 unspecified atom stereocenters. The molecule has 2 nitrogen and oxygen atoms in total. The summed E-state index contributed by atoms with van der Waals surface area (Å²) in [4.78, 5) is 0. The number of hydrogen-bond donors (Lipinski definition) is 0. The summed E-state index contributed by atoms with van der Waals surface area (Å²) in [5, 5.41) is 8.60. The lowest BCUT2D eigenvalue weighted by atomic mass is 9.96. The number of hydrogen-bond acceptors (Lipinski definition) is 2. The lowest BCUT2D eigenvalue weighted by molar-refractivity contribution is 0.0829. The predicted octanol–water partition coefficient (Wildman–Crippen LogP) is 3.31. The molecule has 0 aliphatic heterocycles. The molecule has 2 atom stereocenters. The Morgan fingerprint density at radius 2 is 2.00 bits per heavy atom. The van der Waals surface area contributed by atoms with Gasteiger partial charge in [0.05, 0.1) is 12.2 Å². The zero-order valence-electron chi connectivity index (χ0n) is 9.31. The fraction of sp³-hybridized carbons (Fsp3) is 0.462. The minimum atomic E-state index is 0.106. The highest BCUT2D eigenvalue weighted by Crippen LogP contribution is 2.25. The number of rotatable bonds is 5. The molecule has 0 aromatic heterocycles. The minimum Gasteiger partial charge on any atom is -0.377 e. The second kappa shape index (κ2) is 6.21. The van der Waals surface area contributed by atoms with Crippen molar-refractivity contribution < 1.29 is 4.74 Å². The summed E-state index contributed by atoms with van der Waals surface area (Å²) < 4.78 is 5.44. The largest absolute Gasteiger partial charge is 0.377 e. The lowest BCUT2D eigenvalue weighted by Gasteiger charge is -2.18. The van der Waals surface area contributed by atoms with Crippen LogP contribution in [0.15, 0.2) is 30.3 Å². The number of benzene rings is 1. The van der Waals surface area contributed by atoms with Crippen LogP contribution in [0.4, 0.5) is 0 Å². The summed E-state index contributed by atoms with van der Waals surface area (Å²) in [5.74, 6) is 0.375. The van der Waals surface area contributed by atoms with Crippen LogP contribution in [-0.2, 0) is 4.74 Å². The third-order valence-corrected chi connectivity index (χ3v) is 2.51. The Bertz CT molecular complexity index is 315. The van der Waals surface area contributed by atoms with Crippen molar-refractivity contribution in [3.8, 4) is 6.07 Å². The Labute approximate surface area is 91.5 Å². The van der Waals surface area contributed by atoms with Gasteiger partial charge in [-0.2, -0.15) is 5.26 Å². The van der Waals surface area contributed by atoms with Gasteiger partial charge in [-0.1, -0.05) is 37.3 Å². The summed E-state index contributed by atoms with van der Waals surface area (Å²) in [6.45, 7) is 2.08. The van der Waals surface area contributed by atoms with Crippen molar-refractivity contribution in [2.45, 2.75) is 25.9 Å². The molecule has 0 saturated carbocycles. The predicted molar refractivity (Wildman–Crippen MR) is 60.2 cm³/mol. The summed E-state index contributed by atoms with van der Waals surface area (Å²) in [5.41, 5.74) is 1.18. The van der Waals surface area contributed by atoms with E-state index in [9.17, 15) is 0 Å². The summed E-state index contributed by atoms with van der Waals surface area (Å²) >= 11 is 0. The van der Waals surface area contributed by atoms with E-state index in [1.54, 1.807) is 7.11 Å². The lowest BCUT2D eigenvalue weighted by Crippen LogP contribution is -2.06. The topological polar surface area (TPSA) is 33.0 Å². The third kappa shape index (κ3) is 3.73. The van der Waals surface area contributed by atoms with Crippen molar-refractivity contribution in [1.29, 1.82) is 5.26 Å². The van der Waals surface area contributed by atoms with Gasteiger partial charge in [-0.05, 0) is 17.9 Å². The van der Waals surface area contributed by atoms with Crippen molar-refractivity contribution in [3.63, 3.8) is 0 Å². The monoisotopic (exact) mass is 203 g/mol. The quantitative estimate of drug-likeness (QED) is 0.735. The van der Waals surface area contributed by atoms with Crippen LogP contribution in [0.3, 0.4) is 0 Å². The second-order valence-corrected chi connectivity index (χ2v) is 3.84. The number of nitriles is 1. The van der Waals surface area contributed by atoms with Crippen molar-refractivity contribution in [2.24, 2.45) is 5.92 Å². The Hall–Kier alpha value is -1.33. The zero-order chi connectivity index (χ0) is 11.1. The van der Waals surface area contributed by atoms with E-state index in [-0.39, 0.29) is 6.10 Å². The number of ether oxygens (including phenoxy) is 1. The van der Waals surface area contributed by atoms with Gasteiger partial charge in [-0.25, -0.2) is 0 Å². The van der Waals surface area contributed by atoms with E-state index >= 15 is 0 Å². The van der Waals surface area contributed by atoms with Crippen LogP contribution in [0.1, 0.15) is 31.4 Å². The molecule has 0 amide bonds. The minimum absolute atomic E-state index is 0.106. The Balaban J connectivity index is 2.61. The van der Waals surface area contributed by atoms with Crippen LogP contribution >= 0.6 is 0 Å². The smallest absolute Gasteiger partial charge is 0.0824 e. The first kappa shape index (κ1) is 11.7. The molecule has 0 heterocycles. The van der Waals surface area contributed by atoms with Crippen LogP contribution in [0.2, 0.25) is 0 Å². The van der Waals surface area contributed by atoms with Gasteiger partial charge in [0, 0.05) is 13.5 Å². The average molecular weight is 203 g/mol. The fourth-order valence-electron chi connectivity index (χ4n) is 1.64. The van der Waals surface area contributed by atoms with Gasteiger partial charge in [0.15, 0.2) is 0 Å². The summed E-state index contributed by atoms with van der Waals surface area (Å²) in [7, 11) is 1.72. The fourth-order valence-corrected chi connectivity index (χ4v) is 1.64. The van der Waals surface area contributed by atoms with Crippen LogP contribution in [0.5, 0.6) is 0 Å². The van der Waals surface area contributed by atoms with Gasteiger partial charge in [-0.15, -0.1) is 0 Å². The Morgan fingerprint density at radius 3 is 2.53 bits per heavy atom. The summed E-state index contributed by atoms with van der Waals surface area (Å²) in [6.07, 6.45) is 1.59. The van der Waals surface area contributed by atoms with Crippen LogP contribution in [-0.4, -0.2) is 7.11 Å². The normalized spacial score (nSPS) is 14.2. The van der Waals surface area contributed by atoms with E-state index in [4.69, 9.17) is 10.00 Å². The maximum Gasteiger partial charge on any atom is 0.0824 e. The van der Waals surface area contributed by atoms with Gasteiger partial charge in [0.25, 0.3) is 0 Å². The molecule has 0 radical (unpaired) electrons. The molecule has 0 fully saturated rings. The van der Waals surface area contributed by atoms with Gasteiger partial charge in [0.1, 0.15) is 0 Å². The third-order valence-electron chi connectivity index (χ3n) is 2.51. The molecule has 1 aromatic carbocycles. The molecule has 0 aliphatic carbocycles. The molecule has 0 aliphatic rings. The Morgan fingerprint density at radius 1 is 1.33 bits per heavy atom. The van der Waals surface area contributed by atoms with E-state index in [1.165, 1.54) is 5.56 Å². The number of methoxy groups -OCH3 is 1. The Kier molecular flexibility index (Phi) is 4.86. The maximum atomic E-state index is 8.60. The van der Waals surface area contributed by atoms with E-state index in [0.29, 0.717) is 12.3 Å². The molecule has 0 saturated heterocycles. The van der Waals surface area contributed by atoms with E-state index in [1.807, 2.05) is 18.2 Å². The van der Waals surface area contributed by atoms with Crippen molar-refractivity contribution in [2.75, 3.05) is 7.11 Å². The van der Waals surface area contributed by atoms with E-state index in [0.717, 1.165) is 6.42 Å². The van der Waals surface area contributed by atoms with Crippen molar-refractivity contribution >= 4 is 0 Å². The van der Waals surface area contributed by atoms with Crippen LogP contribution < -0.4 is 0 Å². The number of nitrogens with zero attached hydrogens (tertiary/aromatic N) is 1. The van der Waals surface area contributed by atoms with Crippen molar-refractivity contribution in [3.05, 3.63) is 35.9 Å². The highest BCUT2D eigenvalue weighted by atomic mass is 16.5. The van der Waals surface area contributed by atoms with Crippen LogP contribution in [0.25, 0.3) is 0 Å². The van der Waals surface area contributed by atoms with Gasteiger partial charge >= 0.3 is 0 Å². The molecule has 1 rings (SSSR count). The standard InChI is InChI=1S/C13H17NO/c1-11(8-9-14)10-13(15-2)12-6-4-3-5-7-12/h3-7,11,13H,8,10H2,1-2H3.